The van der Waals surface area contributed by atoms with E-state index in [0.717, 1.165) is 18.9 Å². The quantitative estimate of drug-likeness (QED) is 0.637. The van der Waals surface area contributed by atoms with Crippen LogP contribution in [0.4, 0.5) is 8.78 Å². The van der Waals surface area contributed by atoms with Gasteiger partial charge in [-0.2, -0.15) is 0 Å². The van der Waals surface area contributed by atoms with Crippen molar-refractivity contribution in [2.45, 2.75) is 76.3 Å². The molecule has 2 atom stereocenters. The first-order valence-corrected chi connectivity index (χ1v) is 11.3. The summed E-state index contributed by atoms with van der Waals surface area (Å²) < 4.78 is 27.5. The Hall–Kier alpha value is -1.96. The molecule has 0 radical (unpaired) electrons. The minimum absolute atomic E-state index is 0.0357. The molecule has 3 rings (SSSR count). The van der Waals surface area contributed by atoms with Gasteiger partial charge >= 0.3 is 0 Å². The fraction of sp³-hybridized carbons (Fsp3) is 0.591. The van der Waals surface area contributed by atoms with Crippen molar-refractivity contribution in [2.75, 3.05) is 0 Å². The van der Waals surface area contributed by atoms with Gasteiger partial charge in [0, 0.05) is 36.2 Å². The lowest BCUT2D eigenvalue weighted by molar-refractivity contribution is -0.131. The summed E-state index contributed by atoms with van der Waals surface area (Å²) in [5.41, 5.74) is 0.0887. The van der Waals surface area contributed by atoms with Crippen molar-refractivity contribution in [3.05, 3.63) is 35.4 Å². The second-order valence-electron chi connectivity index (χ2n) is 8.42. The van der Waals surface area contributed by atoms with Crippen LogP contribution >= 0.6 is 11.8 Å². The van der Waals surface area contributed by atoms with Crippen LogP contribution in [-0.4, -0.2) is 39.2 Å². The number of carbonyl (C=O) groups excluding carboxylic acids is 3. The largest absolute Gasteiger partial charge is 0.345 e. The Morgan fingerprint density at radius 3 is 2.63 bits per heavy atom. The number of benzene rings is 1. The van der Waals surface area contributed by atoms with Crippen LogP contribution in [0.5, 0.6) is 0 Å². The summed E-state index contributed by atoms with van der Waals surface area (Å²) in [6.07, 6.45) is 3.59. The third-order valence-corrected chi connectivity index (χ3v) is 6.47. The highest BCUT2D eigenvalue weighted by Crippen LogP contribution is 2.35. The lowest BCUT2D eigenvalue weighted by atomic mass is 10.1. The van der Waals surface area contributed by atoms with Gasteiger partial charge in [0.15, 0.2) is 11.6 Å². The Labute approximate surface area is 180 Å². The van der Waals surface area contributed by atoms with E-state index in [1.807, 2.05) is 13.8 Å². The summed E-state index contributed by atoms with van der Waals surface area (Å²) in [5, 5.41) is 2.96. The van der Waals surface area contributed by atoms with E-state index in [1.165, 1.54) is 28.8 Å². The molecule has 0 spiro atoms. The Morgan fingerprint density at radius 1 is 1.23 bits per heavy atom. The van der Waals surface area contributed by atoms with E-state index >= 15 is 0 Å². The molecule has 5 nitrogen and oxygen atoms in total. The van der Waals surface area contributed by atoms with Gasteiger partial charge in [-0.1, -0.05) is 50.6 Å². The molecule has 2 amide bonds. The lowest BCUT2D eigenvalue weighted by Gasteiger charge is -2.26. The summed E-state index contributed by atoms with van der Waals surface area (Å²) >= 11 is 1.23. The van der Waals surface area contributed by atoms with Gasteiger partial charge in [-0.3, -0.25) is 14.4 Å². The predicted octanol–water partition coefficient (Wildman–Crippen LogP) is 3.80. The SMILES string of the molecule is CC(C)SC(=O)[C@H](CC1CC1)NC(=O)C[C@@H]1CCC(=O)N1Cc1cccc(F)c1F. The molecule has 8 heteroatoms. The second kappa shape index (κ2) is 9.90. The zero-order chi connectivity index (χ0) is 21.8. The lowest BCUT2D eigenvalue weighted by Crippen LogP contribution is -2.43. The van der Waals surface area contributed by atoms with Crippen LogP contribution < -0.4 is 5.32 Å². The maximum Gasteiger partial charge on any atom is 0.223 e. The normalized spacial score (nSPS) is 20.0. The van der Waals surface area contributed by atoms with Gasteiger partial charge in [-0.05, 0) is 24.8 Å². The van der Waals surface area contributed by atoms with Gasteiger partial charge < -0.3 is 10.2 Å². The van der Waals surface area contributed by atoms with E-state index < -0.39 is 23.7 Å². The molecule has 1 aliphatic carbocycles. The Kier molecular flexibility index (Phi) is 7.50. The molecular formula is C22H28F2N2O3S. The monoisotopic (exact) mass is 438 g/mol. The molecule has 1 N–H and O–H groups in total. The second-order valence-corrected chi connectivity index (χ2v) is 10.00. The highest BCUT2D eigenvalue weighted by Gasteiger charge is 2.35. The van der Waals surface area contributed by atoms with Crippen molar-refractivity contribution in [3.63, 3.8) is 0 Å². The molecule has 1 aliphatic heterocycles. The van der Waals surface area contributed by atoms with Crippen molar-refractivity contribution < 1.29 is 23.2 Å². The third kappa shape index (κ3) is 6.03. The van der Waals surface area contributed by atoms with Crippen molar-refractivity contribution in [2.24, 2.45) is 5.92 Å². The van der Waals surface area contributed by atoms with Gasteiger partial charge in [0.2, 0.25) is 16.9 Å². The van der Waals surface area contributed by atoms with Crippen LogP contribution in [0.1, 0.15) is 57.9 Å². The van der Waals surface area contributed by atoms with Crippen LogP contribution in [0.15, 0.2) is 18.2 Å². The number of halogens is 2. The van der Waals surface area contributed by atoms with E-state index in [2.05, 4.69) is 5.32 Å². The maximum absolute atomic E-state index is 14.0. The number of thioether (sulfide) groups is 1. The van der Waals surface area contributed by atoms with E-state index in [4.69, 9.17) is 0 Å². The van der Waals surface area contributed by atoms with E-state index in [-0.39, 0.29) is 47.1 Å². The Balaban J connectivity index is 1.62. The zero-order valence-corrected chi connectivity index (χ0v) is 18.1. The van der Waals surface area contributed by atoms with Crippen LogP contribution in [0.25, 0.3) is 0 Å². The number of rotatable bonds is 9. The van der Waals surface area contributed by atoms with E-state index in [9.17, 15) is 23.2 Å². The average Bonchev–Trinajstić information content (AvgIpc) is 3.43. The molecule has 1 aromatic rings. The average molecular weight is 439 g/mol. The summed E-state index contributed by atoms with van der Waals surface area (Å²) in [4.78, 5) is 38.9. The van der Waals surface area contributed by atoms with Crippen molar-refractivity contribution in [1.29, 1.82) is 0 Å². The molecule has 0 bridgehead atoms. The van der Waals surface area contributed by atoms with Crippen LogP contribution in [0.2, 0.25) is 0 Å². The molecule has 164 valence electrons. The fourth-order valence-electron chi connectivity index (χ4n) is 3.76. The highest BCUT2D eigenvalue weighted by molar-refractivity contribution is 8.14. The molecule has 0 unspecified atom stereocenters. The Bertz CT molecular complexity index is 814. The number of carbonyl (C=O) groups is 3. The van der Waals surface area contributed by atoms with Crippen LogP contribution in [0.3, 0.4) is 0 Å². The highest BCUT2D eigenvalue weighted by atomic mass is 32.2. The molecule has 1 heterocycles. The zero-order valence-electron chi connectivity index (χ0n) is 17.3. The van der Waals surface area contributed by atoms with Crippen molar-refractivity contribution in [3.8, 4) is 0 Å². The molecule has 1 saturated heterocycles. The topological polar surface area (TPSA) is 66.5 Å². The summed E-state index contributed by atoms with van der Waals surface area (Å²) in [5.74, 6) is -1.92. The smallest absolute Gasteiger partial charge is 0.223 e. The van der Waals surface area contributed by atoms with Gasteiger partial charge in [0.1, 0.15) is 0 Å². The summed E-state index contributed by atoms with van der Waals surface area (Å²) in [6.45, 7) is 3.80. The van der Waals surface area contributed by atoms with Gasteiger partial charge in [0.05, 0.1) is 6.04 Å². The molecule has 1 aromatic carbocycles. The number of nitrogens with zero attached hydrogens (tertiary/aromatic N) is 1. The predicted molar refractivity (Wildman–Crippen MR) is 112 cm³/mol. The maximum atomic E-state index is 14.0. The van der Waals surface area contributed by atoms with Crippen LogP contribution in [-0.2, 0) is 20.9 Å². The number of likely N-dealkylation sites (tertiary alicyclic amines) is 1. The molecule has 0 aromatic heterocycles. The first kappa shape index (κ1) is 22.7. The first-order chi connectivity index (χ1) is 14.2. The third-order valence-electron chi connectivity index (χ3n) is 5.48. The van der Waals surface area contributed by atoms with Gasteiger partial charge in [-0.25, -0.2) is 8.78 Å². The fourth-order valence-corrected chi connectivity index (χ4v) is 4.54. The first-order valence-electron chi connectivity index (χ1n) is 10.5. The van der Waals surface area contributed by atoms with Crippen LogP contribution in [0, 0.1) is 17.6 Å². The minimum Gasteiger partial charge on any atom is -0.345 e. The summed E-state index contributed by atoms with van der Waals surface area (Å²) in [7, 11) is 0. The number of hydrogen-bond acceptors (Lipinski definition) is 4. The number of nitrogens with one attached hydrogen (secondary N) is 1. The molecule has 1 saturated carbocycles. The molecule has 2 aliphatic rings. The van der Waals surface area contributed by atoms with E-state index in [1.54, 1.807) is 0 Å². The molecular weight excluding hydrogens is 410 g/mol. The van der Waals surface area contributed by atoms with E-state index in [0.29, 0.717) is 18.8 Å². The molecule has 2 fully saturated rings. The minimum atomic E-state index is -0.971. The Morgan fingerprint density at radius 2 is 1.97 bits per heavy atom. The van der Waals surface area contributed by atoms with Gasteiger partial charge in [0.25, 0.3) is 0 Å². The summed E-state index contributed by atoms with van der Waals surface area (Å²) in [6, 6.07) is 2.95. The molecule has 30 heavy (non-hydrogen) atoms. The van der Waals surface area contributed by atoms with Crippen molar-refractivity contribution >= 4 is 28.7 Å². The standard InChI is InChI=1S/C22H28F2N2O3S/c1-13(2)30-22(29)18(10-14-6-7-14)25-19(27)11-16-8-9-20(28)26(16)12-15-4-3-5-17(23)21(15)24/h3-5,13-14,16,18H,6-12H2,1-2H3,(H,25,27)/t16-,18-/m0/s1. The van der Waals surface area contributed by atoms with Gasteiger partial charge in [-0.15, -0.1) is 0 Å². The van der Waals surface area contributed by atoms with Crippen molar-refractivity contribution in [1.82, 2.24) is 10.2 Å². The number of hydrogen-bond donors (Lipinski definition) is 1. The number of amides is 2.